The number of rotatable bonds is 8. The van der Waals surface area contributed by atoms with E-state index in [1.54, 1.807) is 9.58 Å². The molecule has 1 aromatic carbocycles. The van der Waals surface area contributed by atoms with Crippen molar-refractivity contribution in [2.75, 3.05) is 18.8 Å². The molecule has 1 heterocycles. The molecule has 2 rings (SSSR count). The molecule has 0 aliphatic rings. The van der Waals surface area contributed by atoms with Gasteiger partial charge in [0, 0.05) is 13.1 Å². The maximum atomic E-state index is 12.3. The minimum Gasteiger partial charge on any atom is -0.338 e. The average Bonchev–Trinajstić information content (AvgIpc) is 2.98. The second kappa shape index (κ2) is 8.47. The van der Waals surface area contributed by atoms with Gasteiger partial charge in [-0.2, -0.15) is 0 Å². The smallest absolute Gasteiger partial charge is 0.233 e. The number of hydrogen-bond donors (Lipinski definition) is 0. The third-order valence-electron chi connectivity index (χ3n) is 3.19. The fourth-order valence-corrected chi connectivity index (χ4v) is 2.85. The Morgan fingerprint density at radius 2 is 2.09 bits per heavy atom. The molecule has 23 heavy (non-hydrogen) atoms. The highest BCUT2D eigenvalue weighted by atomic mass is 32.2. The van der Waals surface area contributed by atoms with Crippen LogP contribution in [-0.4, -0.2) is 49.9 Å². The van der Waals surface area contributed by atoms with Gasteiger partial charge in [-0.1, -0.05) is 54.2 Å². The van der Waals surface area contributed by atoms with E-state index in [2.05, 4.69) is 22.1 Å². The molecule has 1 aromatic heterocycles. The van der Waals surface area contributed by atoms with Gasteiger partial charge < -0.3 is 4.90 Å². The van der Waals surface area contributed by atoms with Crippen LogP contribution in [0.3, 0.4) is 0 Å². The monoisotopic (exact) mass is 331 g/mol. The van der Waals surface area contributed by atoms with E-state index < -0.39 is 0 Å². The summed E-state index contributed by atoms with van der Waals surface area (Å²) in [5, 5.41) is 12.4. The molecule has 0 bridgehead atoms. The fourth-order valence-electron chi connectivity index (χ4n) is 2.08. The van der Waals surface area contributed by atoms with Gasteiger partial charge in [0.05, 0.1) is 12.3 Å². The molecule has 0 atom stereocenters. The summed E-state index contributed by atoms with van der Waals surface area (Å²) in [5.74, 6) is 0.380. The van der Waals surface area contributed by atoms with Crippen LogP contribution >= 0.6 is 11.8 Å². The van der Waals surface area contributed by atoms with Gasteiger partial charge in [0.2, 0.25) is 11.1 Å². The summed E-state index contributed by atoms with van der Waals surface area (Å²) in [6, 6.07) is 9.97. The van der Waals surface area contributed by atoms with E-state index >= 15 is 0 Å². The lowest BCUT2D eigenvalue weighted by molar-refractivity contribution is -0.127. The molecule has 0 aliphatic carbocycles. The number of tetrazole rings is 1. The average molecular weight is 331 g/mol. The molecule has 0 aliphatic heterocycles. The normalized spacial score (nSPS) is 10.5. The van der Waals surface area contributed by atoms with Crippen LogP contribution < -0.4 is 0 Å². The lowest BCUT2D eigenvalue weighted by Gasteiger charge is -2.20. The van der Waals surface area contributed by atoms with Crippen LogP contribution in [0, 0.1) is 0 Å². The summed E-state index contributed by atoms with van der Waals surface area (Å²) in [5.41, 5.74) is 2.09. The van der Waals surface area contributed by atoms with Gasteiger partial charge >= 0.3 is 0 Å². The minimum absolute atomic E-state index is 0.0646. The summed E-state index contributed by atoms with van der Waals surface area (Å²) >= 11 is 1.36. The zero-order valence-electron chi connectivity index (χ0n) is 13.5. The van der Waals surface area contributed by atoms with Crippen molar-refractivity contribution in [3.63, 3.8) is 0 Å². The van der Waals surface area contributed by atoms with E-state index in [1.165, 1.54) is 11.8 Å². The molecule has 0 fully saturated rings. The van der Waals surface area contributed by atoms with Crippen LogP contribution in [0.2, 0.25) is 0 Å². The predicted octanol–water partition coefficient (Wildman–Crippen LogP) is 2.24. The first-order valence-electron chi connectivity index (χ1n) is 7.45. The van der Waals surface area contributed by atoms with E-state index in [-0.39, 0.29) is 5.91 Å². The highest BCUT2D eigenvalue weighted by Gasteiger charge is 2.15. The van der Waals surface area contributed by atoms with E-state index in [0.29, 0.717) is 30.5 Å². The Morgan fingerprint density at radius 3 is 2.74 bits per heavy atom. The molecule has 0 saturated carbocycles. The second-order valence-electron chi connectivity index (χ2n) is 5.26. The molecule has 0 radical (unpaired) electrons. The highest BCUT2D eigenvalue weighted by Crippen LogP contribution is 2.16. The summed E-state index contributed by atoms with van der Waals surface area (Å²) in [7, 11) is 0. The van der Waals surface area contributed by atoms with Crippen molar-refractivity contribution in [1.29, 1.82) is 0 Å². The molecule has 1 amide bonds. The zero-order valence-corrected chi connectivity index (χ0v) is 14.3. The van der Waals surface area contributed by atoms with Crippen molar-refractivity contribution in [2.24, 2.45) is 0 Å². The van der Waals surface area contributed by atoms with Crippen molar-refractivity contribution < 1.29 is 4.79 Å². The quantitative estimate of drug-likeness (QED) is 0.548. The SMILES string of the molecule is C=C(C)CN(CC)C(=O)CSc1nnnn1Cc1ccccc1. The van der Waals surface area contributed by atoms with Gasteiger partial charge in [0.1, 0.15) is 0 Å². The number of hydrogen-bond acceptors (Lipinski definition) is 5. The van der Waals surface area contributed by atoms with Crippen molar-refractivity contribution in [2.45, 2.75) is 25.5 Å². The Bertz CT molecular complexity index is 656. The van der Waals surface area contributed by atoms with Gasteiger partial charge in [0.25, 0.3) is 0 Å². The number of nitrogens with zero attached hydrogens (tertiary/aromatic N) is 5. The van der Waals surface area contributed by atoms with Gasteiger partial charge in [0.15, 0.2) is 0 Å². The van der Waals surface area contributed by atoms with Gasteiger partial charge in [-0.15, -0.1) is 5.10 Å². The summed E-state index contributed by atoms with van der Waals surface area (Å²) in [6.45, 7) is 9.59. The first-order chi connectivity index (χ1) is 11.1. The molecule has 7 heteroatoms. The Hall–Kier alpha value is -2.15. The number of carbonyl (C=O) groups excluding carboxylic acids is 1. The number of carbonyl (C=O) groups is 1. The Balaban J connectivity index is 1.95. The molecular weight excluding hydrogens is 310 g/mol. The Morgan fingerprint density at radius 1 is 1.35 bits per heavy atom. The number of benzene rings is 1. The van der Waals surface area contributed by atoms with Crippen molar-refractivity contribution >= 4 is 17.7 Å². The highest BCUT2D eigenvalue weighted by molar-refractivity contribution is 7.99. The predicted molar refractivity (Wildman–Crippen MR) is 91.2 cm³/mol. The van der Waals surface area contributed by atoms with Crippen LogP contribution in [0.1, 0.15) is 19.4 Å². The first kappa shape index (κ1) is 17.2. The zero-order chi connectivity index (χ0) is 16.7. The van der Waals surface area contributed by atoms with Gasteiger partial charge in [-0.05, 0) is 29.8 Å². The lowest BCUT2D eigenvalue weighted by atomic mass is 10.2. The number of likely N-dealkylation sites (N-methyl/N-ethyl adjacent to an activating group) is 1. The van der Waals surface area contributed by atoms with E-state index in [4.69, 9.17) is 0 Å². The summed E-state index contributed by atoms with van der Waals surface area (Å²) < 4.78 is 1.71. The molecule has 0 spiro atoms. The van der Waals surface area contributed by atoms with Crippen LogP contribution in [-0.2, 0) is 11.3 Å². The van der Waals surface area contributed by atoms with Crippen LogP contribution in [0.25, 0.3) is 0 Å². The minimum atomic E-state index is 0.0646. The number of amides is 1. The topological polar surface area (TPSA) is 63.9 Å². The molecule has 0 N–H and O–H groups in total. The first-order valence-corrected chi connectivity index (χ1v) is 8.43. The third kappa shape index (κ3) is 5.21. The van der Waals surface area contributed by atoms with E-state index in [0.717, 1.165) is 11.1 Å². The summed E-state index contributed by atoms with van der Waals surface area (Å²) in [6.07, 6.45) is 0. The lowest BCUT2D eigenvalue weighted by Crippen LogP contribution is -2.33. The van der Waals surface area contributed by atoms with Crippen LogP contribution in [0.4, 0.5) is 0 Å². The van der Waals surface area contributed by atoms with Gasteiger partial charge in [-0.25, -0.2) is 4.68 Å². The maximum Gasteiger partial charge on any atom is 0.233 e. The third-order valence-corrected chi connectivity index (χ3v) is 4.14. The van der Waals surface area contributed by atoms with Gasteiger partial charge in [-0.3, -0.25) is 4.79 Å². The number of thioether (sulfide) groups is 1. The molecule has 2 aromatic rings. The van der Waals surface area contributed by atoms with Crippen molar-refractivity contribution in [3.8, 4) is 0 Å². The molecule has 0 unspecified atom stereocenters. The fraction of sp³-hybridized carbons (Fsp3) is 0.375. The Kier molecular flexibility index (Phi) is 6.34. The maximum absolute atomic E-state index is 12.3. The van der Waals surface area contributed by atoms with Crippen LogP contribution in [0.15, 0.2) is 47.6 Å². The largest absolute Gasteiger partial charge is 0.338 e. The van der Waals surface area contributed by atoms with Crippen molar-refractivity contribution in [3.05, 3.63) is 48.0 Å². The number of aromatic nitrogens is 4. The second-order valence-corrected chi connectivity index (χ2v) is 6.20. The van der Waals surface area contributed by atoms with E-state index in [1.807, 2.05) is 44.2 Å². The molecule has 122 valence electrons. The molecule has 0 saturated heterocycles. The van der Waals surface area contributed by atoms with Crippen molar-refractivity contribution in [1.82, 2.24) is 25.1 Å². The summed E-state index contributed by atoms with van der Waals surface area (Å²) in [4.78, 5) is 14.0. The standard InChI is InChI=1S/C16H21N5OS/c1-4-20(10-13(2)3)15(22)12-23-16-17-18-19-21(16)11-14-8-6-5-7-9-14/h5-9H,2,4,10-12H2,1,3H3. The van der Waals surface area contributed by atoms with E-state index in [9.17, 15) is 4.79 Å². The Labute approximate surface area is 140 Å². The van der Waals surface area contributed by atoms with Crippen LogP contribution in [0.5, 0.6) is 0 Å². The molecular formula is C16H21N5OS. The molecule has 6 nitrogen and oxygen atoms in total.